The fourth-order valence-corrected chi connectivity index (χ4v) is 1.34. The Morgan fingerprint density at radius 3 is 2.50 bits per heavy atom. The van der Waals surface area contributed by atoms with Crippen molar-refractivity contribution in [3.05, 3.63) is 18.2 Å². The molecule has 7 heteroatoms. The highest BCUT2D eigenvalue weighted by atomic mass is 19.3. The number of nitrogen functional groups attached to an aromatic ring is 1. The first-order valence-electron chi connectivity index (χ1n) is 5.86. The van der Waals surface area contributed by atoms with Crippen LogP contribution in [0.5, 0.6) is 11.5 Å². The van der Waals surface area contributed by atoms with E-state index in [4.69, 9.17) is 15.2 Å². The molecule has 1 aromatic carbocycles. The Morgan fingerprint density at radius 2 is 1.95 bits per heavy atom. The van der Waals surface area contributed by atoms with E-state index in [0.29, 0.717) is 5.69 Å². The summed E-state index contributed by atoms with van der Waals surface area (Å²) in [5.74, 6) is -0.864. The summed E-state index contributed by atoms with van der Waals surface area (Å²) >= 11 is 0. The molecule has 0 radical (unpaired) electrons. The Morgan fingerprint density at radius 1 is 1.30 bits per heavy atom. The molecule has 0 unspecified atom stereocenters. The fraction of sp³-hybridized carbons (Fsp3) is 0.462. The summed E-state index contributed by atoms with van der Waals surface area (Å²) in [5, 5.41) is 0. The first-order chi connectivity index (χ1) is 9.17. The van der Waals surface area contributed by atoms with Gasteiger partial charge in [-0.25, -0.2) is 4.79 Å². The molecule has 112 valence electrons. The molecule has 0 aliphatic rings. The van der Waals surface area contributed by atoms with E-state index >= 15 is 0 Å². The number of esters is 1. The van der Waals surface area contributed by atoms with Crippen molar-refractivity contribution in [3.8, 4) is 11.5 Å². The molecule has 0 spiro atoms. The quantitative estimate of drug-likeness (QED) is 0.666. The fourth-order valence-electron chi connectivity index (χ4n) is 1.34. The Bertz CT molecular complexity index is 472. The summed E-state index contributed by atoms with van der Waals surface area (Å²) < 4.78 is 38.9. The SMILES string of the molecule is CC(C)(C)OC(=O)COc1cc(N)ccc1OC(F)F. The van der Waals surface area contributed by atoms with Gasteiger partial charge in [-0.05, 0) is 32.9 Å². The van der Waals surface area contributed by atoms with Gasteiger partial charge in [0.25, 0.3) is 0 Å². The number of carbonyl (C=O) groups excluding carboxylic acids is 1. The van der Waals surface area contributed by atoms with Crippen LogP contribution in [-0.4, -0.2) is 24.8 Å². The second-order valence-electron chi connectivity index (χ2n) is 4.96. The molecule has 0 bridgehead atoms. The number of anilines is 1. The minimum atomic E-state index is -3.00. The summed E-state index contributed by atoms with van der Waals surface area (Å²) in [5.41, 5.74) is 5.17. The lowest BCUT2D eigenvalue weighted by Crippen LogP contribution is -2.27. The number of hydrogen-bond acceptors (Lipinski definition) is 5. The molecule has 0 heterocycles. The molecule has 0 amide bonds. The number of hydrogen-bond donors (Lipinski definition) is 1. The van der Waals surface area contributed by atoms with Gasteiger partial charge in [-0.2, -0.15) is 8.78 Å². The highest BCUT2D eigenvalue weighted by Gasteiger charge is 2.18. The molecule has 5 nitrogen and oxygen atoms in total. The van der Waals surface area contributed by atoms with Gasteiger partial charge >= 0.3 is 12.6 Å². The van der Waals surface area contributed by atoms with Crippen molar-refractivity contribution in [2.75, 3.05) is 12.3 Å². The molecule has 1 aromatic rings. The number of ether oxygens (including phenoxy) is 3. The number of nitrogens with two attached hydrogens (primary N) is 1. The van der Waals surface area contributed by atoms with Crippen LogP contribution in [0.2, 0.25) is 0 Å². The van der Waals surface area contributed by atoms with E-state index in [-0.39, 0.29) is 11.5 Å². The van der Waals surface area contributed by atoms with E-state index in [1.165, 1.54) is 18.2 Å². The van der Waals surface area contributed by atoms with Gasteiger partial charge in [0.2, 0.25) is 0 Å². The van der Waals surface area contributed by atoms with Gasteiger partial charge in [0.15, 0.2) is 18.1 Å². The maximum Gasteiger partial charge on any atom is 0.387 e. The van der Waals surface area contributed by atoms with Crippen LogP contribution in [0.3, 0.4) is 0 Å². The van der Waals surface area contributed by atoms with Crippen LogP contribution >= 0.6 is 0 Å². The summed E-state index contributed by atoms with van der Waals surface area (Å²) in [7, 11) is 0. The Kier molecular flexibility index (Phi) is 5.12. The monoisotopic (exact) mass is 289 g/mol. The van der Waals surface area contributed by atoms with Gasteiger partial charge in [-0.3, -0.25) is 0 Å². The number of halogens is 2. The smallest absolute Gasteiger partial charge is 0.387 e. The third-order valence-corrected chi connectivity index (χ3v) is 1.95. The van der Waals surface area contributed by atoms with Gasteiger partial charge in [0.05, 0.1) is 0 Å². The molecular weight excluding hydrogens is 272 g/mol. The topological polar surface area (TPSA) is 70.8 Å². The summed E-state index contributed by atoms with van der Waals surface area (Å²) in [6, 6.07) is 3.92. The molecule has 0 saturated carbocycles. The predicted molar refractivity (Wildman–Crippen MR) is 68.8 cm³/mol. The van der Waals surface area contributed by atoms with Crippen LogP contribution in [0.25, 0.3) is 0 Å². The van der Waals surface area contributed by atoms with Crippen molar-refractivity contribution in [2.45, 2.75) is 33.0 Å². The molecule has 0 aliphatic heterocycles. The maximum absolute atomic E-state index is 12.2. The predicted octanol–water partition coefficient (Wildman–Crippen LogP) is 2.59. The van der Waals surface area contributed by atoms with Crippen LogP contribution in [0, 0.1) is 0 Å². The lowest BCUT2D eigenvalue weighted by molar-refractivity contribution is -0.157. The van der Waals surface area contributed by atoms with Crippen LogP contribution in [0.4, 0.5) is 14.5 Å². The van der Waals surface area contributed by atoms with Crippen LogP contribution in [0.1, 0.15) is 20.8 Å². The average molecular weight is 289 g/mol. The Labute approximate surface area is 115 Å². The van der Waals surface area contributed by atoms with E-state index in [0.717, 1.165) is 0 Å². The van der Waals surface area contributed by atoms with Gasteiger partial charge in [0.1, 0.15) is 5.60 Å². The maximum atomic E-state index is 12.2. The number of rotatable bonds is 5. The van der Waals surface area contributed by atoms with Gasteiger partial charge in [-0.1, -0.05) is 0 Å². The molecular formula is C13H17F2NO4. The molecule has 1 rings (SSSR count). The minimum Gasteiger partial charge on any atom is -0.478 e. The zero-order valence-electron chi connectivity index (χ0n) is 11.5. The lowest BCUT2D eigenvalue weighted by Gasteiger charge is -2.20. The van der Waals surface area contributed by atoms with Gasteiger partial charge in [-0.15, -0.1) is 0 Å². The Hall–Kier alpha value is -2.05. The van der Waals surface area contributed by atoms with E-state index in [1.807, 2.05) is 0 Å². The van der Waals surface area contributed by atoms with E-state index in [1.54, 1.807) is 20.8 Å². The van der Waals surface area contributed by atoms with Crippen LogP contribution in [0.15, 0.2) is 18.2 Å². The lowest BCUT2D eigenvalue weighted by atomic mass is 10.2. The van der Waals surface area contributed by atoms with E-state index < -0.39 is 24.8 Å². The largest absolute Gasteiger partial charge is 0.478 e. The van der Waals surface area contributed by atoms with Crippen molar-refractivity contribution in [1.29, 1.82) is 0 Å². The third-order valence-electron chi connectivity index (χ3n) is 1.95. The van der Waals surface area contributed by atoms with E-state index in [2.05, 4.69) is 4.74 Å². The Balaban J connectivity index is 2.71. The normalized spacial score (nSPS) is 11.3. The number of carbonyl (C=O) groups is 1. The van der Waals surface area contributed by atoms with Crippen molar-refractivity contribution in [3.63, 3.8) is 0 Å². The second kappa shape index (κ2) is 6.40. The van der Waals surface area contributed by atoms with Crippen molar-refractivity contribution in [2.24, 2.45) is 0 Å². The zero-order chi connectivity index (χ0) is 15.3. The second-order valence-corrected chi connectivity index (χ2v) is 4.96. The highest BCUT2D eigenvalue weighted by Crippen LogP contribution is 2.30. The third kappa shape index (κ3) is 5.73. The zero-order valence-corrected chi connectivity index (χ0v) is 11.5. The van der Waals surface area contributed by atoms with Gasteiger partial charge in [0, 0.05) is 11.8 Å². The van der Waals surface area contributed by atoms with Crippen LogP contribution in [-0.2, 0) is 9.53 Å². The first kappa shape index (κ1) is 16.0. The summed E-state index contributed by atoms with van der Waals surface area (Å²) in [6.07, 6.45) is 0. The molecule has 0 aliphatic carbocycles. The van der Waals surface area contributed by atoms with Crippen LogP contribution < -0.4 is 15.2 Å². The van der Waals surface area contributed by atoms with Crippen molar-refractivity contribution < 1.29 is 27.8 Å². The minimum absolute atomic E-state index is 0.0452. The van der Waals surface area contributed by atoms with Crippen molar-refractivity contribution >= 4 is 11.7 Å². The van der Waals surface area contributed by atoms with Crippen molar-refractivity contribution in [1.82, 2.24) is 0 Å². The standard InChI is InChI=1S/C13H17F2NO4/c1-13(2,3)20-11(17)7-18-10-6-8(16)4-5-9(10)19-12(14)15/h4-6,12H,7,16H2,1-3H3. The molecule has 20 heavy (non-hydrogen) atoms. The first-order valence-corrected chi connectivity index (χ1v) is 5.86. The van der Waals surface area contributed by atoms with Gasteiger partial charge < -0.3 is 19.9 Å². The summed E-state index contributed by atoms with van der Waals surface area (Å²) in [6.45, 7) is 1.69. The molecule has 0 saturated heterocycles. The number of benzene rings is 1. The summed E-state index contributed by atoms with van der Waals surface area (Å²) in [4.78, 5) is 11.5. The molecule has 0 atom stereocenters. The molecule has 0 aromatic heterocycles. The molecule has 0 fully saturated rings. The average Bonchev–Trinajstić information content (AvgIpc) is 2.26. The van der Waals surface area contributed by atoms with E-state index in [9.17, 15) is 13.6 Å². The highest BCUT2D eigenvalue weighted by molar-refractivity contribution is 5.71. The number of alkyl halides is 2. The molecule has 2 N–H and O–H groups in total.